The molecule has 0 aliphatic heterocycles. The first kappa shape index (κ1) is 20.3. The summed E-state index contributed by atoms with van der Waals surface area (Å²) in [6, 6.07) is 20.6. The van der Waals surface area contributed by atoms with Crippen LogP contribution in [0.3, 0.4) is 0 Å². The largest absolute Gasteiger partial charge is 0.490 e. The molecule has 3 nitrogen and oxygen atoms in total. The number of hydrogen-bond donors (Lipinski definition) is 1. The molecule has 4 heteroatoms. The number of hydrogen-bond acceptors (Lipinski definition) is 3. The van der Waals surface area contributed by atoms with Crippen molar-refractivity contribution in [3.05, 3.63) is 87.4 Å². The molecule has 0 aliphatic carbocycles. The second-order valence-electron chi connectivity index (χ2n) is 6.75. The Morgan fingerprint density at radius 2 is 1.61 bits per heavy atom. The van der Waals surface area contributed by atoms with Gasteiger partial charge in [0.15, 0.2) is 11.5 Å². The summed E-state index contributed by atoms with van der Waals surface area (Å²) in [7, 11) is 0. The second-order valence-corrected chi connectivity index (χ2v) is 7.60. The number of ether oxygens (including phenoxy) is 2. The van der Waals surface area contributed by atoms with Crippen LogP contribution in [0.15, 0.2) is 65.1 Å². The second kappa shape index (κ2) is 9.65. The smallest absolute Gasteiger partial charge is 0.162 e. The van der Waals surface area contributed by atoms with Crippen molar-refractivity contribution >= 4 is 21.6 Å². The fraction of sp³-hybridized carbons (Fsp3) is 0.250. The van der Waals surface area contributed by atoms with Gasteiger partial charge in [0.2, 0.25) is 0 Å². The van der Waals surface area contributed by atoms with Crippen LogP contribution in [0.1, 0.15) is 29.2 Å². The summed E-state index contributed by atoms with van der Waals surface area (Å²) in [6.45, 7) is 8.03. The highest BCUT2D eigenvalue weighted by molar-refractivity contribution is 9.10. The number of anilines is 1. The van der Waals surface area contributed by atoms with Gasteiger partial charge in [-0.2, -0.15) is 0 Å². The third-order valence-corrected chi connectivity index (χ3v) is 5.38. The first-order valence-electron chi connectivity index (χ1n) is 9.50. The lowest BCUT2D eigenvalue weighted by Gasteiger charge is -2.16. The maximum Gasteiger partial charge on any atom is 0.162 e. The van der Waals surface area contributed by atoms with Gasteiger partial charge in [-0.05, 0) is 67.3 Å². The first-order valence-corrected chi connectivity index (χ1v) is 10.3. The average Bonchev–Trinajstić information content (AvgIpc) is 2.70. The third kappa shape index (κ3) is 5.29. The Morgan fingerprint density at radius 1 is 0.857 bits per heavy atom. The predicted molar refractivity (Wildman–Crippen MR) is 119 cm³/mol. The van der Waals surface area contributed by atoms with Crippen molar-refractivity contribution in [3.8, 4) is 11.5 Å². The minimum Gasteiger partial charge on any atom is -0.490 e. The minimum absolute atomic E-state index is 0.508. The number of halogens is 1. The van der Waals surface area contributed by atoms with E-state index in [1.807, 2.05) is 37.3 Å². The van der Waals surface area contributed by atoms with Gasteiger partial charge in [0.25, 0.3) is 0 Å². The molecule has 0 bridgehead atoms. The van der Waals surface area contributed by atoms with Gasteiger partial charge in [-0.25, -0.2) is 0 Å². The van der Waals surface area contributed by atoms with E-state index in [0.29, 0.717) is 19.8 Å². The van der Waals surface area contributed by atoms with Gasteiger partial charge in [0, 0.05) is 16.7 Å². The maximum absolute atomic E-state index is 6.03. The van der Waals surface area contributed by atoms with Gasteiger partial charge >= 0.3 is 0 Å². The van der Waals surface area contributed by atoms with Crippen LogP contribution in [-0.2, 0) is 13.2 Å². The Labute approximate surface area is 175 Å². The van der Waals surface area contributed by atoms with Crippen LogP contribution in [-0.4, -0.2) is 6.61 Å². The zero-order chi connectivity index (χ0) is 19.9. The van der Waals surface area contributed by atoms with Crippen LogP contribution >= 0.6 is 15.9 Å². The predicted octanol–water partition coefficient (Wildman–Crippen LogP) is 6.66. The summed E-state index contributed by atoms with van der Waals surface area (Å²) >= 11 is 3.68. The Bertz CT molecular complexity index is 925. The lowest BCUT2D eigenvalue weighted by molar-refractivity contribution is 0.269. The molecule has 0 aromatic heterocycles. The van der Waals surface area contributed by atoms with Crippen molar-refractivity contribution < 1.29 is 9.47 Å². The molecule has 0 heterocycles. The Kier molecular flexibility index (Phi) is 6.99. The van der Waals surface area contributed by atoms with E-state index in [1.54, 1.807) is 0 Å². The normalized spacial score (nSPS) is 10.6. The van der Waals surface area contributed by atoms with Gasteiger partial charge < -0.3 is 14.8 Å². The standard InChI is InChI=1S/C24H26BrNO2/c1-4-27-23-13-20(15-26-21-11-10-17(2)18(3)12-21)22(25)14-24(23)28-16-19-8-6-5-7-9-19/h5-14,26H,4,15-16H2,1-3H3. The Balaban J connectivity index is 1.74. The van der Waals surface area contributed by atoms with E-state index in [9.17, 15) is 0 Å². The summed E-state index contributed by atoms with van der Waals surface area (Å²) in [5, 5.41) is 3.49. The monoisotopic (exact) mass is 439 g/mol. The maximum atomic E-state index is 6.03. The molecular formula is C24H26BrNO2. The topological polar surface area (TPSA) is 30.5 Å². The van der Waals surface area contributed by atoms with Gasteiger partial charge in [-0.15, -0.1) is 0 Å². The van der Waals surface area contributed by atoms with Crippen molar-refractivity contribution in [2.45, 2.75) is 33.9 Å². The van der Waals surface area contributed by atoms with Gasteiger partial charge in [-0.1, -0.05) is 52.3 Å². The summed E-state index contributed by atoms with van der Waals surface area (Å²) in [6.07, 6.45) is 0. The minimum atomic E-state index is 0.508. The Morgan fingerprint density at radius 3 is 2.32 bits per heavy atom. The van der Waals surface area contributed by atoms with Crippen molar-refractivity contribution in [2.24, 2.45) is 0 Å². The SMILES string of the molecule is CCOc1cc(CNc2ccc(C)c(C)c2)c(Br)cc1OCc1ccccc1. The van der Waals surface area contributed by atoms with E-state index in [0.717, 1.165) is 32.8 Å². The van der Waals surface area contributed by atoms with Crippen LogP contribution in [0.4, 0.5) is 5.69 Å². The van der Waals surface area contributed by atoms with Crippen LogP contribution < -0.4 is 14.8 Å². The fourth-order valence-electron chi connectivity index (χ4n) is 2.88. The van der Waals surface area contributed by atoms with Gasteiger partial charge in [0.05, 0.1) is 6.61 Å². The molecule has 1 N–H and O–H groups in total. The lowest BCUT2D eigenvalue weighted by Crippen LogP contribution is -2.04. The molecule has 0 amide bonds. The van der Waals surface area contributed by atoms with Crippen molar-refractivity contribution in [2.75, 3.05) is 11.9 Å². The summed E-state index contributed by atoms with van der Waals surface area (Å²) < 4.78 is 12.9. The molecular weight excluding hydrogens is 414 g/mol. The van der Waals surface area contributed by atoms with Crippen molar-refractivity contribution in [1.29, 1.82) is 0 Å². The molecule has 3 rings (SSSR count). The number of rotatable bonds is 8. The highest BCUT2D eigenvalue weighted by atomic mass is 79.9. The van der Waals surface area contributed by atoms with E-state index < -0.39 is 0 Å². The fourth-order valence-corrected chi connectivity index (χ4v) is 3.34. The van der Waals surface area contributed by atoms with Crippen molar-refractivity contribution in [1.82, 2.24) is 0 Å². The number of aryl methyl sites for hydroxylation is 2. The Hall–Kier alpha value is -2.46. The molecule has 0 saturated carbocycles. The van der Waals surface area contributed by atoms with E-state index in [4.69, 9.17) is 9.47 Å². The molecule has 0 aliphatic rings. The molecule has 0 unspecified atom stereocenters. The molecule has 3 aromatic carbocycles. The highest BCUT2D eigenvalue weighted by Crippen LogP contribution is 2.35. The molecule has 0 saturated heterocycles. The van der Waals surface area contributed by atoms with Gasteiger partial charge in [0.1, 0.15) is 6.61 Å². The van der Waals surface area contributed by atoms with Gasteiger partial charge in [-0.3, -0.25) is 0 Å². The molecule has 28 heavy (non-hydrogen) atoms. The van der Waals surface area contributed by atoms with Crippen molar-refractivity contribution in [3.63, 3.8) is 0 Å². The third-order valence-electron chi connectivity index (χ3n) is 4.64. The average molecular weight is 440 g/mol. The number of nitrogens with one attached hydrogen (secondary N) is 1. The number of benzene rings is 3. The summed E-state index contributed by atoms with van der Waals surface area (Å²) in [4.78, 5) is 0. The highest BCUT2D eigenvalue weighted by Gasteiger charge is 2.11. The molecule has 0 atom stereocenters. The van der Waals surface area contributed by atoms with Crippen LogP contribution in [0.5, 0.6) is 11.5 Å². The zero-order valence-electron chi connectivity index (χ0n) is 16.6. The zero-order valence-corrected chi connectivity index (χ0v) is 18.2. The van der Waals surface area contributed by atoms with E-state index in [-0.39, 0.29) is 0 Å². The first-order chi connectivity index (χ1) is 13.6. The molecule has 0 fully saturated rings. The van der Waals surface area contributed by atoms with Crippen LogP contribution in [0.25, 0.3) is 0 Å². The summed E-state index contributed by atoms with van der Waals surface area (Å²) in [5.41, 5.74) is 5.93. The molecule has 0 spiro atoms. The molecule has 146 valence electrons. The summed E-state index contributed by atoms with van der Waals surface area (Å²) in [5.74, 6) is 1.51. The van der Waals surface area contributed by atoms with Crippen LogP contribution in [0, 0.1) is 13.8 Å². The van der Waals surface area contributed by atoms with E-state index in [1.165, 1.54) is 11.1 Å². The lowest BCUT2D eigenvalue weighted by atomic mass is 10.1. The quantitative estimate of drug-likeness (QED) is 0.425. The van der Waals surface area contributed by atoms with Crippen LogP contribution in [0.2, 0.25) is 0 Å². The van der Waals surface area contributed by atoms with E-state index >= 15 is 0 Å². The van der Waals surface area contributed by atoms with E-state index in [2.05, 4.69) is 65.4 Å². The molecule has 3 aromatic rings. The molecule has 0 radical (unpaired) electrons.